The van der Waals surface area contributed by atoms with Crippen LogP contribution in [0.15, 0.2) is 42.6 Å². The van der Waals surface area contributed by atoms with Crippen molar-refractivity contribution in [1.29, 1.82) is 0 Å². The maximum Gasteiger partial charge on any atom is 0.355 e. The fraction of sp³-hybridized carbons (Fsp3) is 0.556. The van der Waals surface area contributed by atoms with Crippen molar-refractivity contribution in [1.82, 2.24) is 34.8 Å². The molecule has 304 valence electrons. The normalized spacial score (nSPS) is 28.0. The lowest BCUT2D eigenvalue weighted by Crippen LogP contribution is -2.64. The van der Waals surface area contributed by atoms with E-state index in [2.05, 4.69) is 58.9 Å². The Morgan fingerprint density at radius 2 is 1.69 bits per heavy atom. The predicted octanol–water partition coefficient (Wildman–Crippen LogP) is 9.11. The summed E-state index contributed by atoms with van der Waals surface area (Å²) in [7, 11) is 0. The lowest BCUT2D eigenvalue weighted by atomic mass is 9.39. The van der Waals surface area contributed by atoms with Crippen LogP contribution in [-0.2, 0) is 17.7 Å². The van der Waals surface area contributed by atoms with Crippen LogP contribution in [0.5, 0.6) is 0 Å². The van der Waals surface area contributed by atoms with Gasteiger partial charge in [0.1, 0.15) is 5.82 Å². The summed E-state index contributed by atoms with van der Waals surface area (Å²) in [6, 6.07) is 11.9. The lowest BCUT2D eigenvalue weighted by Gasteiger charge is -2.69. The third-order valence-electron chi connectivity index (χ3n) is 14.1. The first-order valence-corrected chi connectivity index (χ1v) is 22.1. The van der Waals surface area contributed by atoms with Crippen LogP contribution in [0, 0.1) is 30.1 Å². The van der Waals surface area contributed by atoms with Gasteiger partial charge in [-0.2, -0.15) is 5.10 Å². The first-order valence-electron chi connectivity index (χ1n) is 21.3. The first-order chi connectivity index (χ1) is 27.9. The number of carboxylic acid groups (broad SMARTS) is 1. The molecule has 6 heterocycles. The fourth-order valence-corrected chi connectivity index (χ4v) is 13.7. The van der Waals surface area contributed by atoms with Crippen LogP contribution in [0.4, 0.5) is 22.6 Å². The van der Waals surface area contributed by atoms with Gasteiger partial charge in [0.15, 0.2) is 22.5 Å². The minimum Gasteiger partial charge on any atom is -0.476 e. The van der Waals surface area contributed by atoms with Crippen molar-refractivity contribution in [3.63, 3.8) is 0 Å². The Labute approximate surface area is 344 Å². The molecule has 2 N–H and O–H groups in total. The number of nitrogens with zero attached hydrogens (tertiary/aromatic N) is 8. The van der Waals surface area contributed by atoms with Gasteiger partial charge in [0, 0.05) is 47.6 Å². The van der Waals surface area contributed by atoms with Crippen LogP contribution in [0.2, 0.25) is 0 Å². The van der Waals surface area contributed by atoms with E-state index in [1.165, 1.54) is 51.6 Å². The molecule has 12 nitrogen and oxygen atoms in total. The number of benzene rings is 1. The van der Waals surface area contributed by atoms with Crippen molar-refractivity contribution in [3.8, 4) is 11.1 Å². The number of aromatic carboxylic acids is 1. The summed E-state index contributed by atoms with van der Waals surface area (Å²) in [6.45, 7) is 14.9. The molecule has 0 spiro atoms. The molecule has 4 bridgehead atoms. The molecule has 0 amide bonds. The standard InChI is InChI=1S/C45H55N9O3S/c1-29-31-11-10-18-53(39(31)51-50-38(29)49-41-47-34-12-6-7-13-35(34)58-41)36-15-14-32(37(48-36)40(55)56)33-21-46-54(30(33)2)28-44-23-42(3)22-43(4,24-44)26-45(25-42,27-44)57-20-19-52-16-8-5-9-17-52/h6-7,12-15,21H,5,8-11,16-20,22-28H2,1-4H3,(H,55,56)(H,47,49,50)/t42-,43+,44?,45?. The highest BCUT2D eigenvalue weighted by Gasteiger charge is 2.66. The van der Waals surface area contributed by atoms with E-state index in [4.69, 9.17) is 19.8 Å². The molecule has 13 heteroatoms. The van der Waals surface area contributed by atoms with E-state index in [1.807, 2.05) is 41.4 Å². The third kappa shape index (κ3) is 6.76. The van der Waals surface area contributed by atoms with Crippen LogP contribution < -0.4 is 10.2 Å². The van der Waals surface area contributed by atoms with Gasteiger partial charge in [-0.15, -0.1) is 10.2 Å². The number of likely N-dealkylation sites (tertiary alicyclic amines) is 1. The largest absolute Gasteiger partial charge is 0.476 e. The van der Waals surface area contributed by atoms with E-state index >= 15 is 0 Å². The summed E-state index contributed by atoms with van der Waals surface area (Å²) in [6.07, 6.45) is 14.5. The highest BCUT2D eigenvalue weighted by molar-refractivity contribution is 7.22. The minimum atomic E-state index is -1.07. The number of anilines is 4. The number of piperidine rings is 1. The van der Waals surface area contributed by atoms with E-state index < -0.39 is 5.97 Å². The lowest BCUT2D eigenvalue weighted by molar-refractivity contribution is -0.249. The van der Waals surface area contributed by atoms with Gasteiger partial charge < -0.3 is 25.0 Å². The topological polar surface area (TPSA) is 134 Å². The number of fused-ring (bicyclic) bond motifs is 2. The van der Waals surface area contributed by atoms with E-state index in [-0.39, 0.29) is 27.5 Å². The highest BCUT2D eigenvalue weighted by Crippen LogP contribution is 2.72. The number of carboxylic acids is 1. The van der Waals surface area contributed by atoms with Gasteiger partial charge in [0.05, 0.1) is 28.6 Å². The quantitative estimate of drug-likeness (QED) is 0.132. The number of thiazole rings is 1. The van der Waals surface area contributed by atoms with Crippen molar-refractivity contribution >= 4 is 50.1 Å². The summed E-state index contributed by atoms with van der Waals surface area (Å²) < 4.78 is 10.3. The summed E-state index contributed by atoms with van der Waals surface area (Å²) in [5, 5.41) is 29.0. The van der Waals surface area contributed by atoms with Crippen LogP contribution >= 0.6 is 11.3 Å². The summed E-state index contributed by atoms with van der Waals surface area (Å²) >= 11 is 1.58. The molecular weight excluding hydrogens is 747 g/mol. The van der Waals surface area contributed by atoms with E-state index in [9.17, 15) is 9.90 Å². The van der Waals surface area contributed by atoms with Crippen molar-refractivity contribution in [2.24, 2.45) is 16.2 Å². The van der Waals surface area contributed by atoms with Crippen LogP contribution in [0.3, 0.4) is 0 Å². The molecule has 58 heavy (non-hydrogen) atoms. The predicted molar refractivity (Wildman–Crippen MR) is 227 cm³/mol. The monoisotopic (exact) mass is 801 g/mol. The Kier molecular flexibility index (Phi) is 9.18. The Morgan fingerprint density at radius 3 is 2.47 bits per heavy atom. The minimum absolute atomic E-state index is 0.0157. The van der Waals surface area contributed by atoms with E-state index in [0.29, 0.717) is 29.6 Å². The summed E-state index contributed by atoms with van der Waals surface area (Å²) in [5.41, 5.74) is 5.90. The zero-order valence-electron chi connectivity index (χ0n) is 34.3. The molecular formula is C45H55N9O3S. The SMILES string of the molecule is Cc1c(Nc2nc3ccccc3s2)nnc2c1CCCN2c1ccc(-c2cnn(CC34CC5(OCCN6CCCCC6)C[C@](C)(C3)C[C@](C)(C4)C5)c2C)c(C(=O)O)n1. The maximum absolute atomic E-state index is 13.0. The molecule has 4 aromatic heterocycles. The van der Waals surface area contributed by atoms with Gasteiger partial charge in [0.25, 0.3) is 0 Å². The number of hydrogen-bond donors (Lipinski definition) is 2. The number of nitrogens with one attached hydrogen (secondary N) is 1. The number of hydrogen-bond acceptors (Lipinski definition) is 11. The number of aromatic nitrogens is 6. The number of carbonyl (C=O) groups is 1. The number of para-hydroxylation sites is 1. The summed E-state index contributed by atoms with van der Waals surface area (Å²) in [5.74, 6) is 0.872. The second-order valence-corrected chi connectivity index (χ2v) is 20.2. The Morgan fingerprint density at radius 1 is 0.897 bits per heavy atom. The molecule has 0 radical (unpaired) electrons. The third-order valence-corrected chi connectivity index (χ3v) is 15.0. The first kappa shape index (κ1) is 37.8. The molecule has 5 fully saturated rings. The molecule has 4 saturated carbocycles. The average Bonchev–Trinajstić information content (AvgIpc) is 3.76. The van der Waals surface area contributed by atoms with Crippen LogP contribution in [0.25, 0.3) is 21.3 Å². The molecule has 5 aromatic rings. The second kappa shape index (κ2) is 14.1. The Balaban J connectivity index is 0.898. The molecule has 1 saturated heterocycles. The zero-order chi connectivity index (χ0) is 39.9. The molecule has 11 rings (SSSR count). The summed E-state index contributed by atoms with van der Waals surface area (Å²) in [4.78, 5) is 27.1. The van der Waals surface area contributed by atoms with E-state index in [1.54, 1.807) is 11.3 Å². The van der Waals surface area contributed by atoms with Crippen molar-refractivity contribution < 1.29 is 14.6 Å². The average molecular weight is 802 g/mol. The fourth-order valence-electron chi connectivity index (χ4n) is 12.8. The molecule has 2 unspecified atom stereocenters. The van der Waals surface area contributed by atoms with Gasteiger partial charge >= 0.3 is 5.97 Å². The van der Waals surface area contributed by atoms with Crippen molar-refractivity contribution in [2.75, 3.05) is 43.0 Å². The number of ether oxygens (including phenoxy) is 1. The van der Waals surface area contributed by atoms with Gasteiger partial charge in [-0.05, 0) is 132 Å². The number of rotatable bonds is 11. The highest BCUT2D eigenvalue weighted by atomic mass is 32.1. The molecule has 4 aliphatic carbocycles. The Hall–Kier alpha value is -4.46. The molecule has 1 aromatic carbocycles. The van der Waals surface area contributed by atoms with Gasteiger partial charge in [-0.3, -0.25) is 4.68 Å². The van der Waals surface area contributed by atoms with Gasteiger partial charge in [-0.25, -0.2) is 14.8 Å². The maximum atomic E-state index is 13.0. The van der Waals surface area contributed by atoms with Crippen molar-refractivity contribution in [2.45, 2.75) is 110 Å². The van der Waals surface area contributed by atoms with Gasteiger partial charge in [0.2, 0.25) is 0 Å². The second-order valence-electron chi connectivity index (χ2n) is 19.1. The molecule has 2 aliphatic heterocycles. The Bertz CT molecular complexity index is 2350. The van der Waals surface area contributed by atoms with Crippen LogP contribution in [-0.4, -0.2) is 84.3 Å². The zero-order valence-corrected chi connectivity index (χ0v) is 35.1. The smallest absolute Gasteiger partial charge is 0.355 e. The van der Waals surface area contributed by atoms with E-state index in [0.717, 1.165) is 89.5 Å². The number of pyridine rings is 1. The molecule has 6 aliphatic rings. The molecule has 4 atom stereocenters. The van der Waals surface area contributed by atoms with Crippen molar-refractivity contribution in [3.05, 3.63) is 65.1 Å². The van der Waals surface area contributed by atoms with Crippen LogP contribution in [0.1, 0.15) is 105 Å². The van der Waals surface area contributed by atoms with Gasteiger partial charge in [-0.1, -0.05) is 43.7 Å².